The molecule has 1 heteroatoms. The number of rotatable bonds is 4. The van der Waals surface area contributed by atoms with Crippen molar-refractivity contribution in [2.45, 2.75) is 40.5 Å². The summed E-state index contributed by atoms with van der Waals surface area (Å²) in [6, 6.07) is 6.87. The fourth-order valence-electron chi connectivity index (χ4n) is 3.14. The van der Waals surface area contributed by atoms with Gasteiger partial charge in [0.25, 0.3) is 0 Å². The summed E-state index contributed by atoms with van der Waals surface area (Å²) >= 11 is 0. The van der Waals surface area contributed by atoms with Gasteiger partial charge in [-0.15, -0.1) is 0 Å². The van der Waals surface area contributed by atoms with Crippen LogP contribution in [-0.4, -0.2) is 13.1 Å². The predicted octanol–water partition coefficient (Wildman–Crippen LogP) is 3.65. The second kappa shape index (κ2) is 4.45. The molecule has 0 radical (unpaired) electrons. The van der Waals surface area contributed by atoms with Crippen LogP contribution in [0, 0.1) is 25.2 Å². The first-order valence-electron chi connectivity index (χ1n) is 6.76. The van der Waals surface area contributed by atoms with Crippen LogP contribution >= 0.6 is 0 Å². The molecule has 2 rings (SSSR count). The number of aryl methyl sites for hydroxylation is 2. The molecule has 2 atom stereocenters. The van der Waals surface area contributed by atoms with Crippen LogP contribution in [0.2, 0.25) is 0 Å². The molecule has 1 aliphatic rings. The van der Waals surface area contributed by atoms with Gasteiger partial charge in [0.15, 0.2) is 0 Å². The van der Waals surface area contributed by atoms with E-state index >= 15 is 0 Å². The highest BCUT2D eigenvalue weighted by Crippen LogP contribution is 2.64. The lowest BCUT2D eigenvalue weighted by atomic mass is 9.97. The van der Waals surface area contributed by atoms with Crippen LogP contribution in [0.3, 0.4) is 0 Å². The summed E-state index contributed by atoms with van der Waals surface area (Å²) in [7, 11) is 0. The van der Waals surface area contributed by atoms with Gasteiger partial charge < -0.3 is 5.32 Å². The quantitative estimate of drug-likeness (QED) is 0.834. The summed E-state index contributed by atoms with van der Waals surface area (Å²) in [6.45, 7) is 13.7. The normalized spacial score (nSPS) is 25.9. The van der Waals surface area contributed by atoms with Crippen LogP contribution in [0.1, 0.15) is 43.4 Å². The van der Waals surface area contributed by atoms with Gasteiger partial charge in [0.1, 0.15) is 0 Å². The van der Waals surface area contributed by atoms with E-state index in [1.54, 1.807) is 5.56 Å². The van der Waals surface area contributed by atoms with E-state index in [9.17, 15) is 0 Å². The summed E-state index contributed by atoms with van der Waals surface area (Å²) in [4.78, 5) is 0. The molecule has 0 amide bonds. The number of benzene rings is 1. The lowest BCUT2D eigenvalue weighted by Crippen LogP contribution is -2.17. The third-order valence-corrected chi connectivity index (χ3v) is 4.43. The van der Waals surface area contributed by atoms with Crippen LogP contribution in [0.25, 0.3) is 0 Å². The lowest BCUT2D eigenvalue weighted by Gasteiger charge is -2.08. The molecule has 0 bridgehead atoms. The molecule has 0 aliphatic heterocycles. The fraction of sp³-hybridized carbons (Fsp3) is 0.625. The van der Waals surface area contributed by atoms with Gasteiger partial charge >= 0.3 is 0 Å². The van der Waals surface area contributed by atoms with Crippen LogP contribution in [0.15, 0.2) is 18.2 Å². The van der Waals surface area contributed by atoms with Crippen molar-refractivity contribution in [1.82, 2.24) is 5.32 Å². The van der Waals surface area contributed by atoms with Gasteiger partial charge in [-0.2, -0.15) is 0 Å². The Balaban J connectivity index is 2.20. The molecule has 0 saturated heterocycles. The molecule has 0 heterocycles. The van der Waals surface area contributed by atoms with E-state index in [1.807, 2.05) is 0 Å². The number of hydrogen-bond acceptors (Lipinski definition) is 1. The van der Waals surface area contributed by atoms with E-state index in [0.717, 1.165) is 24.9 Å². The summed E-state index contributed by atoms with van der Waals surface area (Å²) in [6.07, 6.45) is 0. The van der Waals surface area contributed by atoms with Gasteiger partial charge in [-0.1, -0.05) is 44.5 Å². The highest BCUT2D eigenvalue weighted by atomic mass is 14.9. The first kappa shape index (κ1) is 12.6. The van der Waals surface area contributed by atoms with Crippen LogP contribution in [0.5, 0.6) is 0 Å². The lowest BCUT2D eigenvalue weighted by molar-refractivity contribution is 0.525. The van der Waals surface area contributed by atoms with E-state index in [2.05, 4.69) is 58.1 Å². The molecule has 1 fully saturated rings. The van der Waals surface area contributed by atoms with Crippen molar-refractivity contribution in [2.24, 2.45) is 11.3 Å². The van der Waals surface area contributed by atoms with Crippen molar-refractivity contribution >= 4 is 0 Å². The molecule has 2 unspecified atom stereocenters. The molecular weight excluding hydrogens is 206 g/mol. The molecule has 0 spiro atoms. The Hall–Kier alpha value is -0.820. The van der Waals surface area contributed by atoms with E-state index < -0.39 is 0 Å². The van der Waals surface area contributed by atoms with Crippen molar-refractivity contribution in [3.8, 4) is 0 Å². The Morgan fingerprint density at radius 3 is 2.59 bits per heavy atom. The Labute approximate surface area is 106 Å². The third kappa shape index (κ3) is 2.26. The van der Waals surface area contributed by atoms with Crippen molar-refractivity contribution in [3.05, 3.63) is 34.9 Å². The molecule has 1 N–H and O–H groups in total. The SMILES string of the molecule is CCNCC1C(c2cc(C)ccc2C)C1(C)C. The second-order valence-corrected chi connectivity index (χ2v) is 6.07. The summed E-state index contributed by atoms with van der Waals surface area (Å²) in [5, 5.41) is 3.50. The summed E-state index contributed by atoms with van der Waals surface area (Å²) in [5.74, 6) is 1.53. The van der Waals surface area contributed by atoms with Crippen LogP contribution < -0.4 is 5.32 Å². The molecule has 0 aromatic heterocycles. The average Bonchev–Trinajstić information content (AvgIpc) is 2.81. The summed E-state index contributed by atoms with van der Waals surface area (Å²) < 4.78 is 0. The smallest absolute Gasteiger partial charge is 0.000924 e. The maximum absolute atomic E-state index is 3.50. The minimum atomic E-state index is 0.459. The Kier molecular flexibility index (Phi) is 3.31. The van der Waals surface area contributed by atoms with Gasteiger partial charge in [0, 0.05) is 0 Å². The van der Waals surface area contributed by atoms with Crippen molar-refractivity contribution in [3.63, 3.8) is 0 Å². The zero-order chi connectivity index (χ0) is 12.6. The standard InChI is InChI=1S/C16H25N/c1-6-17-10-14-15(16(14,4)5)13-9-11(2)7-8-12(13)3/h7-9,14-15,17H,6,10H2,1-5H3. The largest absolute Gasteiger partial charge is 0.317 e. The van der Waals surface area contributed by atoms with Gasteiger partial charge in [0.05, 0.1) is 0 Å². The second-order valence-electron chi connectivity index (χ2n) is 6.07. The van der Waals surface area contributed by atoms with Gasteiger partial charge in [-0.3, -0.25) is 0 Å². The highest BCUT2D eigenvalue weighted by Gasteiger charge is 2.57. The molecular formula is C16H25N. The van der Waals surface area contributed by atoms with Gasteiger partial charge in [-0.05, 0) is 55.3 Å². The van der Waals surface area contributed by atoms with Gasteiger partial charge in [-0.25, -0.2) is 0 Å². The van der Waals surface area contributed by atoms with E-state index in [1.165, 1.54) is 11.1 Å². The Bertz CT molecular complexity index is 406. The Morgan fingerprint density at radius 2 is 1.94 bits per heavy atom. The van der Waals surface area contributed by atoms with E-state index in [0.29, 0.717) is 5.41 Å². The topological polar surface area (TPSA) is 12.0 Å². The fourth-order valence-corrected chi connectivity index (χ4v) is 3.14. The third-order valence-electron chi connectivity index (χ3n) is 4.43. The van der Waals surface area contributed by atoms with Crippen molar-refractivity contribution in [2.75, 3.05) is 13.1 Å². The molecule has 1 nitrogen and oxygen atoms in total. The monoisotopic (exact) mass is 231 g/mol. The first-order chi connectivity index (χ1) is 7.98. The number of nitrogens with one attached hydrogen (secondary N) is 1. The van der Waals surface area contributed by atoms with Crippen LogP contribution in [0.4, 0.5) is 0 Å². The average molecular weight is 231 g/mol. The molecule has 1 saturated carbocycles. The highest BCUT2D eigenvalue weighted by molar-refractivity contribution is 5.40. The molecule has 17 heavy (non-hydrogen) atoms. The molecule has 94 valence electrons. The zero-order valence-corrected chi connectivity index (χ0v) is 11.8. The van der Waals surface area contributed by atoms with Crippen LogP contribution in [-0.2, 0) is 0 Å². The maximum atomic E-state index is 3.50. The molecule has 1 aromatic carbocycles. The van der Waals surface area contributed by atoms with Crippen molar-refractivity contribution < 1.29 is 0 Å². The predicted molar refractivity (Wildman–Crippen MR) is 74.5 cm³/mol. The van der Waals surface area contributed by atoms with Gasteiger partial charge in [0.2, 0.25) is 0 Å². The minimum Gasteiger partial charge on any atom is -0.317 e. The first-order valence-corrected chi connectivity index (χ1v) is 6.76. The minimum absolute atomic E-state index is 0.459. The van der Waals surface area contributed by atoms with Crippen molar-refractivity contribution in [1.29, 1.82) is 0 Å². The zero-order valence-electron chi connectivity index (χ0n) is 11.8. The summed E-state index contributed by atoms with van der Waals surface area (Å²) in [5.41, 5.74) is 4.86. The van der Waals surface area contributed by atoms with E-state index in [4.69, 9.17) is 0 Å². The van der Waals surface area contributed by atoms with E-state index in [-0.39, 0.29) is 0 Å². The molecule has 1 aromatic rings. The maximum Gasteiger partial charge on any atom is -0.000924 e. The number of hydrogen-bond donors (Lipinski definition) is 1. The Morgan fingerprint density at radius 1 is 1.24 bits per heavy atom. The molecule has 1 aliphatic carbocycles.